The average Bonchev–Trinajstić information content (AvgIpc) is 3.23. The summed E-state index contributed by atoms with van der Waals surface area (Å²) in [5.74, 6) is -0.121. The molecule has 1 atom stereocenters. The fourth-order valence-corrected chi connectivity index (χ4v) is 5.37. The van der Waals surface area contributed by atoms with Crippen LogP contribution in [0.5, 0.6) is 0 Å². The Morgan fingerprint density at radius 1 is 1.07 bits per heavy atom. The van der Waals surface area contributed by atoms with Crippen LogP contribution in [0.4, 0.5) is 5.69 Å². The number of para-hydroxylation sites is 1. The summed E-state index contributed by atoms with van der Waals surface area (Å²) < 4.78 is 32.7. The molecule has 8 heteroatoms. The molecule has 2 aromatic carbocycles. The number of hydrogen-bond donors (Lipinski definition) is 1. The van der Waals surface area contributed by atoms with Crippen molar-refractivity contribution in [1.82, 2.24) is 9.21 Å². The van der Waals surface area contributed by atoms with Crippen LogP contribution in [0.3, 0.4) is 0 Å². The first kappa shape index (κ1) is 20.8. The maximum atomic E-state index is 13.2. The van der Waals surface area contributed by atoms with Gasteiger partial charge >= 0.3 is 0 Å². The zero-order chi connectivity index (χ0) is 21.1. The van der Waals surface area contributed by atoms with E-state index in [0.29, 0.717) is 45.0 Å². The Morgan fingerprint density at radius 2 is 1.80 bits per heavy atom. The van der Waals surface area contributed by atoms with Crippen molar-refractivity contribution in [2.24, 2.45) is 0 Å². The van der Waals surface area contributed by atoms with Gasteiger partial charge in [0, 0.05) is 43.5 Å². The number of nitrogens with zero attached hydrogens (tertiary/aromatic N) is 2. The highest BCUT2D eigenvalue weighted by Gasteiger charge is 2.30. The van der Waals surface area contributed by atoms with E-state index in [2.05, 4.69) is 5.32 Å². The molecular formula is C22H27N3O4S. The van der Waals surface area contributed by atoms with E-state index in [1.807, 2.05) is 37.3 Å². The number of rotatable bonds is 5. The van der Waals surface area contributed by atoms with Gasteiger partial charge in [-0.3, -0.25) is 4.79 Å². The lowest BCUT2D eigenvalue weighted by Gasteiger charge is -2.26. The average molecular weight is 430 g/mol. The Morgan fingerprint density at radius 3 is 2.53 bits per heavy atom. The van der Waals surface area contributed by atoms with Gasteiger partial charge in [-0.15, -0.1) is 0 Å². The molecule has 2 heterocycles. The summed E-state index contributed by atoms with van der Waals surface area (Å²) in [4.78, 5) is 15.2. The van der Waals surface area contributed by atoms with Crippen molar-refractivity contribution < 1.29 is 17.9 Å². The van der Waals surface area contributed by atoms with Gasteiger partial charge in [-0.25, -0.2) is 8.42 Å². The first-order valence-electron chi connectivity index (χ1n) is 10.2. The maximum absolute atomic E-state index is 13.2. The highest BCUT2D eigenvalue weighted by molar-refractivity contribution is 7.89. The maximum Gasteiger partial charge on any atom is 0.254 e. The number of hydrogen-bond acceptors (Lipinski definition) is 5. The van der Waals surface area contributed by atoms with E-state index in [9.17, 15) is 13.2 Å². The van der Waals surface area contributed by atoms with Crippen molar-refractivity contribution in [2.75, 3.05) is 44.7 Å². The molecule has 0 bridgehead atoms. The second-order valence-electron chi connectivity index (χ2n) is 7.74. The molecule has 2 aromatic rings. The normalized spacial score (nSPS) is 20.3. The molecular weight excluding hydrogens is 402 g/mol. The first-order chi connectivity index (χ1) is 14.4. The van der Waals surface area contributed by atoms with E-state index >= 15 is 0 Å². The summed E-state index contributed by atoms with van der Waals surface area (Å²) in [6, 6.07) is 14.9. The van der Waals surface area contributed by atoms with Gasteiger partial charge in [-0.2, -0.15) is 4.31 Å². The number of morpholine rings is 1. The van der Waals surface area contributed by atoms with Crippen LogP contribution in [0.2, 0.25) is 0 Å². The molecule has 7 nitrogen and oxygen atoms in total. The van der Waals surface area contributed by atoms with Crippen molar-refractivity contribution >= 4 is 21.6 Å². The topological polar surface area (TPSA) is 79.0 Å². The van der Waals surface area contributed by atoms with E-state index in [4.69, 9.17) is 4.74 Å². The molecule has 2 aliphatic rings. The third kappa shape index (κ3) is 4.35. The van der Waals surface area contributed by atoms with Crippen molar-refractivity contribution in [3.05, 3.63) is 59.7 Å². The SMILES string of the molecule is Cc1ccc(S(=O)(=O)N2CCOCC2)cc1C(=O)N1CCC(Nc2ccccc2)C1. The minimum absolute atomic E-state index is 0.121. The number of sulfonamides is 1. The van der Waals surface area contributed by atoms with Crippen LogP contribution in [0.15, 0.2) is 53.4 Å². The minimum atomic E-state index is -3.64. The number of likely N-dealkylation sites (tertiary alicyclic amines) is 1. The molecule has 2 saturated heterocycles. The molecule has 0 radical (unpaired) electrons. The number of amides is 1. The Labute approximate surface area is 177 Å². The van der Waals surface area contributed by atoms with Gasteiger partial charge < -0.3 is 15.0 Å². The summed E-state index contributed by atoms with van der Waals surface area (Å²) in [5, 5.41) is 3.46. The van der Waals surface area contributed by atoms with Crippen LogP contribution in [-0.2, 0) is 14.8 Å². The van der Waals surface area contributed by atoms with Crippen LogP contribution in [-0.4, -0.2) is 69.0 Å². The number of ether oxygens (including phenoxy) is 1. The molecule has 160 valence electrons. The second kappa shape index (κ2) is 8.75. The lowest BCUT2D eigenvalue weighted by molar-refractivity contribution is 0.0730. The van der Waals surface area contributed by atoms with E-state index in [1.165, 1.54) is 10.4 Å². The Kier molecular flexibility index (Phi) is 6.08. The third-order valence-electron chi connectivity index (χ3n) is 5.67. The predicted octanol–water partition coefficient (Wildman–Crippen LogP) is 2.34. The summed E-state index contributed by atoms with van der Waals surface area (Å²) in [7, 11) is -3.64. The van der Waals surface area contributed by atoms with Crippen LogP contribution >= 0.6 is 0 Å². The number of benzene rings is 2. The summed E-state index contributed by atoms with van der Waals surface area (Å²) in [6.07, 6.45) is 0.853. The van der Waals surface area contributed by atoms with Crippen LogP contribution in [0, 0.1) is 6.92 Å². The minimum Gasteiger partial charge on any atom is -0.380 e. The van der Waals surface area contributed by atoms with Crippen LogP contribution < -0.4 is 5.32 Å². The Hall–Kier alpha value is -2.42. The number of nitrogens with one attached hydrogen (secondary N) is 1. The predicted molar refractivity (Wildman–Crippen MR) is 115 cm³/mol. The molecule has 1 N–H and O–H groups in total. The highest BCUT2D eigenvalue weighted by atomic mass is 32.2. The zero-order valence-electron chi connectivity index (χ0n) is 17.1. The molecule has 0 aromatic heterocycles. The van der Waals surface area contributed by atoms with Crippen molar-refractivity contribution in [1.29, 1.82) is 0 Å². The lowest BCUT2D eigenvalue weighted by Crippen LogP contribution is -2.40. The largest absolute Gasteiger partial charge is 0.380 e. The van der Waals surface area contributed by atoms with Gasteiger partial charge in [0.1, 0.15) is 0 Å². The van der Waals surface area contributed by atoms with Gasteiger partial charge in [-0.05, 0) is 43.2 Å². The van der Waals surface area contributed by atoms with E-state index in [0.717, 1.165) is 17.7 Å². The Balaban J connectivity index is 1.49. The van der Waals surface area contributed by atoms with Crippen molar-refractivity contribution in [2.45, 2.75) is 24.3 Å². The third-order valence-corrected chi connectivity index (χ3v) is 7.56. The number of carbonyl (C=O) groups is 1. The van der Waals surface area contributed by atoms with Crippen molar-refractivity contribution in [3.8, 4) is 0 Å². The van der Waals surface area contributed by atoms with Crippen LogP contribution in [0.25, 0.3) is 0 Å². The zero-order valence-corrected chi connectivity index (χ0v) is 17.9. The van der Waals surface area contributed by atoms with Gasteiger partial charge in [0.05, 0.1) is 18.1 Å². The summed E-state index contributed by atoms with van der Waals surface area (Å²) >= 11 is 0. The smallest absolute Gasteiger partial charge is 0.254 e. The number of carbonyl (C=O) groups excluding carboxylic acids is 1. The molecule has 4 rings (SSSR count). The van der Waals surface area contributed by atoms with E-state index in [1.54, 1.807) is 17.0 Å². The van der Waals surface area contributed by atoms with Gasteiger partial charge in [-0.1, -0.05) is 24.3 Å². The van der Waals surface area contributed by atoms with E-state index < -0.39 is 10.0 Å². The van der Waals surface area contributed by atoms with Crippen LogP contribution in [0.1, 0.15) is 22.3 Å². The molecule has 2 aliphatic heterocycles. The Bertz CT molecular complexity index is 1000. The fraction of sp³-hybridized carbons (Fsp3) is 0.409. The molecule has 0 spiro atoms. The second-order valence-corrected chi connectivity index (χ2v) is 9.68. The highest BCUT2D eigenvalue weighted by Crippen LogP contribution is 2.24. The van der Waals surface area contributed by atoms with E-state index in [-0.39, 0.29) is 16.8 Å². The molecule has 1 amide bonds. The quantitative estimate of drug-likeness (QED) is 0.789. The molecule has 0 saturated carbocycles. The fourth-order valence-electron chi connectivity index (χ4n) is 3.93. The number of anilines is 1. The molecule has 2 fully saturated rings. The molecule has 30 heavy (non-hydrogen) atoms. The van der Waals surface area contributed by atoms with Gasteiger partial charge in [0.2, 0.25) is 10.0 Å². The summed E-state index contributed by atoms with van der Waals surface area (Å²) in [5.41, 5.74) is 2.26. The van der Waals surface area contributed by atoms with Gasteiger partial charge in [0.15, 0.2) is 0 Å². The standard InChI is InChI=1S/C22H27N3O4S/c1-17-7-8-20(30(27,28)25-11-13-29-14-12-25)15-21(17)22(26)24-10-9-19(16-24)23-18-5-3-2-4-6-18/h2-8,15,19,23H,9-14,16H2,1H3. The number of aryl methyl sites for hydroxylation is 1. The van der Waals surface area contributed by atoms with Gasteiger partial charge in [0.25, 0.3) is 5.91 Å². The first-order valence-corrected chi connectivity index (χ1v) is 11.7. The molecule has 0 aliphatic carbocycles. The molecule has 1 unspecified atom stereocenters. The summed E-state index contributed by atoms with van der Waals surface area (Å²) in [6.45, 7) is 4.52. The lowest BCUT2D eigenvalue weighted by atomic mass is 10.1. The van der Waals surface area contributed by atoms with Crippen molar-refractivity contribution in [3.63, 3.8) is 0 Å². The monoisotopic (exact) mass is 429 g/mol.